The maximum Gasteiger partial charge on any atom is 0.227 e. The molecule has 0 aromatic carbocycles. The molecule has 1 heterocycles. The van der Waals surface area contributed by atoms with Crippen LogP contribution in [0, 0.1) is 12.3 Å². The molecule has 1 aliphatic heterocycles. The minimum absolute atomic E-state index is 0.0436. The number of nitrogens with one attached hydrogen (secondary N) is 1. The van der Waals surface area contributed by atoms with Crippen LogP contribution in [0.4, 0.5) is 0 Å². The molecular formula is C6H6N2O. The molecule has 1 rings (SSSR count). The summed E-state index contributed by atoms with van der Waals surface area (Å²) in [6, 6.07) is 0. The third-order valence-corrected chi connectivity index (χ3v) is 1.00. The van der Waals surface area contributed by atoms with Crippen molar-refractivity contribution >= 4 is 11.7 Å². The predicted octanol–water partition coefficient (Wildman–Crippen LogP) is -0.462. The van der Waals surface area contributed by atoms with E-state index in [9.17, 15) is 4.79 Å². The molecule has 0 atom stereocenters. The quantitative estimate of drug-likeness (QED) is 0.434. The van der Waals surface area contributed by atoms with Crippen molar-refractivity contribution in [3.8, 4) is 12.3 Å². The van der Waals surface area contributed by atoms with Crippen LogP contribution >= 0.6 is 0 Å². The first-order valence-corrected chi connectivity index (χ1v) is 2.64. The van der Waals surface area contributed by atoms with Gasteiger partial charge in [0.25, 0.3) is 0 Å². The lowest BCUT2D eigenvalue weighted by atomic mass is 10.3. The number of terminal acetylenes is 1. The summed E-state index contributed by atoms with van der Waals surface area (Å²) in [6.07, 6.45) is 5.42. The van der Waals surface area contributed by atoms with E-state index in [0.29, 0.717) is 18.8 Å². The van der Waals surface area contributed by atoms with Crippen LogP contribution in [0.25, 0.3) is 0 Å². The summed E-state index contributed by atoms with van der Waals surface area (Å²) in [7, 11) is 0. The molecular weight excluding hydrogens is 116 g/mol. The zero-order valence-electron chi connectivity index (χ0n) is 4.85. The Labute approximate surface area is 53.2 Å². The normalized spacial score (nSPS) is 17.7. The Kier molecular flexibility index (Phi) is 1.50. The first-order valence-electron chi connectivity index (χ1n) is 2.64. The van der Waals surface area contributed by atoms with Crippen LogP contribution in [0.2, 0.25) is 0 Å². The zero-order chi connectivity index (χ0) is 6.69. The maximum atomic E-state index is 10.5. The van der Waals surface area contributed by atoms with Gasteiger partial charge in [-0.25, -0.2) is 0 Å². The molecule has 3 heteroatoms. The van der Waals surface area contributed by atoms with Gasteiger partial charge < -0.3 is 5.32 Å². The number of hydrogen-bond donors (Lipinski definition) is 1. The van der Waals surface area contributed by atoms with Crippen molar-refractivity contribution < 1.29 is 4.79 Å². The predicted molar refractivity (Wildman–Crippen MR) is 33.9 cm³/mol. The van der Waals surface area contributed by atoms with Crippen molar-refractivity contribution in [2.45, 2.75) is 6.42 Å². The van der Waals surface area contributed by atoms with Crippen LogP contribution < -0.4 is 5.32 Å². The van der Waals surface area contributed by atoms with E-state index in [-0.39, 0.29) is 5.91 Å². The third-order valence-electron chi connectivity index (χ3n) is 1.00. The minimum atomic E-state index is -0.0436. The van der Waals surface area contributed by atoms with Gasteiger partial charge in [0.15, 0.2) is 5.84 Å². The Hall–Kier alpha value is -1.30. The molecule has 1 N–H and O–H groups in total. The molecule has 0 spiro atoms. The lowest BCUT2D eigenvalue weighted by Crippen LogP contribution is -2.33. The van der Waals surface area contributed by atoms with Crippen molar-refractivity contribution in [2.75, 3.05) is 6.54 Å². The average molecular weight is 122 g/mol. The highest BCUT2D eigenvalue weighted by atomic mass is 16.1. The lowest BCUT2D eigenvalue weighted by Gasteiger charge is -2.06. The standard InChI is InChI=1S/C6H6N2O/c1-2-5-7-4-3-6(9)8-5/h1H,3-4H2,(H,7,8,9). The summed E-state index contributed by atoms with van der Waals surface area (Å²) < 4.78 is 0. The highest BCUT2D eigenvalue weighted by Gasteiger charge is 2.07. The Balaban J connectivity index is 2.67. The van der Waals surface area contributed by atoms with Crippen molar-refractivity contribution in [3.63, 3.8) is 0 Å². The zero-order valence-corrected chi connectivity index (χ0v) is 4.85. The van der Waals surface area contributed by atoms with Crippen molar-refractivity contribution in [1.82, 2.24) is 5.32 Å². The summed E-state index contributed by atoms with van der Waals surface area (Å²) in [6.45, 7) is 0.519. The van der Waals surface area contributed by atoms with Crippen LogP contribution in [0.5, 0.6) is 0 Å². The molecule has 0 saturated heterocycles. The summed E-state index contributed by atoms with van der Waals surface area (Å²) >= 11 is 0. The second-order valence-corrected chi connectivity index (χ2v) is 1.67. The number of carbonyl (C=O) groups is 1. The molecule has 0 unspecified atom stereocenters. The molecule has 3 nitrogen and oxygen atoms in total. The SMILES string of the molecule is C#CC1=NCCC(=O)N1. The van der Waals surface area contributed by atoms with Gasteiger partial charge in [0.05, 0.1) is 6.54 Å². The number of carbonyl (C=O) groups excluding carboxylic acids is 1. The fraction of sp³-hybridized carbons (Fsp3) is 0.333. The largest absolute Gasteiger partial charge is 0.304 e. The second-order valence-electron chi connectivity index (χ2n) is 1.67. The van der Waals surface area contributed by atoms with Crippen LogP contribution in [0.1, 0.15) is 6.42 Å². The fourth-order valence-electron chi connectivity index (χ4n) is 0.585. The molecule has 0 bridgehead atoms. The molecule has 0 fully saturated rings. The van der Waals surface area contributed by atoms with Gasteiger partial charge in [-0.05, 0) is 5.92 Å². The smallest absolute Gasteiger partial charge is 0.227 e. The topological polar surface area (TPSA) is 41.5 Å². The number of nitrogens with zero attached hydrogens (tertiary/aromatic N) is 1. The van der Waals surface area contributed by atoms with E-state index in [4.69, 9.17) is 6.42 Å². The molecule has 0 radical (unpaired) electrons. The van der Waals surface area contributed by atoms with E-state index in [2.05, 4.69) is 16.2 Å². The number of rotatable bonds is 0. The van der Waals surface area contributed by atoms with Crippen LogP contribution in [-0.2, 0) is 4.79 Å². The first-order chi connectivity index (χ1) is 4.33. The monoisotopic (exact) mass is 122 g/mol. The van der Waals surface area contributed by atoms with Gasteiger partial charge in [0, 0.05) is 6.42 Å². The van der Waals surface area contributed by atoms with Gasteiger partial charge in [0.1, 0.15) is 0 Å². The van der Waals surface area contributed by atoms with Crippen molar-refractivity contribution in [3.05, 3.63) is 0 Å². The Morgan fingerprint density at radius 2 is 2.56 bits per heavy atom. The molecule has 0 aromatic rings. The van der Waals surface area contributed by atoms with E-state index in [1.54, 1.807) is 0 Å². The van der Waals surface area contributed by atoms with Gasteiger partial charge >= 0.3 is 0 Å². The van der Waals surface area contributed by atoms with Gasteiger partial charge in [-0.3, -0.25) is 9.79 Å². The Morgan fingerprint density at radius 1 is 1.78 bits per heavy atom. The maximum absolute atomic E-state index is 10.5. The van der Waals surface area contributed by atoms with Crippen molar-refractivity contribution in [2.24, 2.45) is 4.99 Å². The average Bonchev–Trinajstić information content (AvgIpc) is 1.88. The summed E-state index contributed by atoms with van der Waals surface area (Å²) in [4.78, 5) is 14.4. The second kappa shape index (κ2) is 2.31. The van der Waals surface area contributed by atoms with Crippen LogP contribution in [-0.4, -0.2) is 18.3 Å². The van der Waals surface area contributed by atoms with Gasteiger partial charge in [0.2, 0.25) is 5.91 Å². The molecule has 1 aliphatic rings. The number of aliphatic imine (C=N–C) groups is 1. The Bertz CT molecular complexity index is 200. The molecule has 0 aromatic heterocycles. The third kappa shape index (κ3) is 1.29. The van der Waals surface area contributed by atoms with E-state index >= 15 is 0 Å². The van der Waals surface area contributed by atoms with E-state index < -0.39 is 0 Å². The summed E-state index contributed by atoms with van der Waals surface area (Å²) in [5.74, 6) is 2.56. The first kappa shape index (κ1) is 5.83. The fourth-order valence-corrected chi connectivity index (χ4v) is 0.585. The van der Waals surface area contributed by atoms with E-state index in [0.717, 1.165) is 0 Å². The van der Waals surface area contributed by atoms with Gasteiger partial charge in [-0.15, -0.1) is 6.42 Å². The summed E-state index contributed by atoms with van der Waals surface area (Å²) in [5.41, 5.74) is 0. The number of amidine groups is 1. The molecule has 1 amide bonds. The minimum Gasteiger partial charge on any atom is -0.304 e. The lowest BCUT2D eigenvalue weighted by molar-refractivity contribution is -0.119. The number of amides is 1. The Morgan fingerprint density at radius 3 is 3.00 bits per heavy atom. The molecule has 46 valence electrons. The molecule has 0 saturated carbocycles. The van der Waals surface area contributed by atoms with Crippen LogP contribution in [0.15, 0.2) is 4.99 Å². The highest BCUT2D eigenvalue weighted by Crippen LogP contribution is 1.89. The van der Waals surface area contributed by atoms with Gasteiger partial charge in [-0.1, -0.05) is 0 Å². The highest BCUT2D eigenvalue weighted by molar-refractivity contribution is 6.08. The van der Waals surface area contributed by atoms with Crippen LogP contribution in [0.3, 0.4) is 0 Å². The van der Waals surface area contributed by atoms with Gasteiger partial charge in [-0.2, -0.15) is 0 Å². The molecule has 0 aliphatic carbocycles. The molecule has 9 heavy (non-hydrogen) atoms. The van der Waals surface area contributed by atoms with E-state index in [1.165, 1.54) is 0 Å². The number of hydrogen-bond acceptors (Lipinski definition) is 2. The summed E-state index contributed by atoms with van der Waals surface area (Å²) in [5, 5.41) is 2.44. The van der Waals surface area contributed by atoms with E-state index in [1.807, 2.05) is 0 Å². The van der Waals surface area contributed by atoms with Crippen molar-refractivity contribution in [1.29, 1.82) is 0 Å².